The van der Waals surface area contributed by atoms with Gasteiger partial charge in [-0.05, 0) is 18.2 Å². The molecule has 0 saturated carbocycles. The molecule has 0 bridgehead atoms. The summed E-state index contributed by atoms with van der Waals surface area (Å²) in [6.45, 7) is 0. The van der Waals surface area contributed by atoms with Crippen LogP contribution in [0.1, 0.15) is 5.89 Å². The van der Waals surface area contributed by atoms with Crippen LogP contribution >= 0.6 is 0 Å². The molecule has 0 unspecified atom stereocenters. The van der Waals surface area contributed by atoms with Crippen LogP contribution in [0.15, 0.2) is 34.8 Å². The lowest BCUT2D eigenvalue weighted by molar-refractivity contribution is -0.131. The molecule has 0 spiro atoms. The zero-order chi connectivity index (χ0) is 13.0. The van der Waals surface area contributed by atoms with Gasteiger partial charge in [-0.2, -0.15) is 0 Å². The van der Waals surface area contributed by atoms with E-state index in [0.29, 0.717) is 17.2 Å². The molecular weight excluding hydrogens is 236 g/mol. The van der Waals surface area contributed by atoms with E-state index in [4.69, 9.17) is 14.3 Å². The van der Waals surface area contributed by atoms with Crippen molar-refractivity contribution in [2.24, 2.45) is 0 Å². The van der Waals surface area contributed by atoms with Crippen molar-refractivity contribution in [2.75, 3.05) is 7.11 Å². The summed E-state index contributed by atoms with van der Waals surface area (Å²) in [5.74, 6) is 0.0404. The third kappa shape index (κ3) is 2.73. The molecule has 1 heterocycles. The summed E-state index contributed by atoms with van der Waals surface area (Å²) < 4.78 is 10.4. The predicted octanol–water partition coefficient (Wildman–Crippen LogP) is 1.84. The van der Waals surface area contributed by atoms with Gasteiger partial charge >= 0.3 is 5.97 Å². The topological polar surface area (TPSA) is 85.5 Å². The van der Waals surface area contributed by atoms with Gasteiger partial charge in [0.2, 0.25) is 11.8 Å². The number of carboxylic acids is 1. The van der Waals surface area contributed by atoms with Gasteiger partial charge in [-0.25, -0.2) is 4.79 Å². The van der Waals surface area contributed by atoms with E-state index >= 15 is 0 Å². The van der Waals surface area contributed by atoms with E-state index in [1.54, 1.807) is 31.4 Å². The number of ether oxygens (including phenoxy) is 1. The fraction of sp³-hybridized carbons (Fsp3) is 0.0833. The Morgan fingerprint density at radius 3 is 3.00 bits per heavy atom. The average molecular weight is 246 g/mol. The van der Waals surface area contributed by atoms with Crippen molar-refractivity contribution >= 4 is 12.0 Å². The summed E-state index contributed by atoms with van der Waals surface area (Å²) in [5.41, 5.74) is 0.705. The molecule has 0 radical (unpaired) electrons. The zero-order valence-corrected chi connectivity index (χ0v) is 9.53. The number of benzene rings is 1. The molecule has 2 aromatic rings. The van der Waals surface area contributed by atoms with Gasteiger partial charge in [-0.3, -0.25) is 0 Å². The molecule has 0 aliphatic heterocycles. The van der Waals surface area contributed by atoms with E-state index in [9.17, 15) is 4.79 Å². The number of aliphatic carboxylic acids is 1. The van der Waals surface area contributed by atoms with Crippen LogP contribution in [0.25, 0.3) is 17.5 Å². The second-order valence-electron chi connectivity index (χ2n) is 3.35. The van der Waals surface area contributed by atoms with Crippen LogP contribution in [-0.2, 0) is 4.79 Å². The molecule has 0 aliphatic carbocycles. The Bertz CT molecular complexity index is 589. The Kier molecular flexibility index (Phi) is 3.38. The summed E-state index contributed by atoms with van der Waals surface area (Å²) in [6, 6.07) is 7.13. The fourth-order valence-electron chi connectivity index (χ4n) is 1.32. The molecule has 6 heteroatoms. The Labute approximate surface area is 103 Å². The van der Waals surface area contributed by atoms with Crippen molar-refractivity contribution in [3.8, 4) is 17.2 Å². The highest BCUT2D eigenvalue weighted by Crippen LogP contribution is 2.22. The lowest BCUT2D eigenvalue weighted by Crippen LogP contribution is -1.85. The zero-order valence-electron chi connectivity index (χ0n) is 9.53. The highest BCUT2D eigenvalue weighted by molar-refractivity contribution is 5.84. The van der Waals surface area contributed by atoms with E-state index in [1.165, 1.54) is 6.08 Å². The van der Waals surface area contributed by atoms with Crippen molar-refractivity contribution in [1.29, 1.82) is 0 Å². The molecule has 0 amide bonds. The lowest BCUT2D eigenvalue weighted by atomic mass is 10.2. The van der Waals surface area contributed by atoms with Crippen LogP contribution in [0, 0.1) is 0 Å². The second-order valence-corrected chi connectivity index (χ2v) is 3.35. The number of hydrogen-bond acceptors (Lipinski definition) is 5. The van der Waals surface area contributed by atoms with Crippen LogP contribution in [0.4, 0.5) is 0 Å². The first-order valence-corrected chi connectivity index (χ1v) is 5.08. The number of rotatable bonds is 4. The molecule has 18 heavy (non-hydrogen) atoms. The predicted molar refractivity (Wildman–Crippen MR) is 63.0 cm³/mol. The van der Waals surface area contributed by atoms with Gasteiger partial charge in [0.15, 0.2) is 0 Å². The monoisotopic (exact) mass is 246 g/mol. The highest BCUT2D eigenvalue weighted by Gasteiger charge is 2.07. The van der Waals surface area contributed by atoms with Gasteiger partial charge in [-0.1, -0.05) is 6.07 Å². The summed E-state index contributed by atoms with van der Waals surface area (Å²) in [7, 11) is 1.56. The molecule has 0 atom stereocenters. The molecule has 1 N–H and O–H groups in total. The van der Waals surface area contributed by atoms with Crippen molar-refractivity contribution in [2.45, 2.75) is 0 Å². The van der Waals surface area contributed by atoms with Gasteiger partial charge < -0.3 is 14.3 Å². The minimum absolute atomic E-state index is 0.134. The molecule has 1 aromatic carbocycles. The van der Waals surface area contributed by atoms with Gasteiger partial charge in [0, 0.05) is 17.7 Å². The third-order valence-electron chi connectivity index (χ3n) is 2.13. The number of aromatic nitrogens is 2. The normalized spacial score (nSPS) is 10.7. The number of carbonyl (C=O) groups is 1. The van der Waals surface area contributed by atoms with Crippen LogP contribution in [0.3, 0.4) is 0 Å². The van der Waals surface area contributed by atoms with E-state index < -0.39 is 5.97 Å². The first kappa shape index (κ1) is 11.8. The minimum Gasteiger partial charge on any atom is -0.497 e. The minimum atomic E-state index is -1.07. The summed E-state index contributed by atoms with van der Waals surface area (Å²) in [5, 5.41) is 16.0. The lowest BCUT2D eigenvalue weighted by Gasteiger charge is -1.99. The maximum atomic E-state index is 10.3. The first-order chi connectivity index (χ1) is 8.69. The van der Waals surface area contributed by atoms with Crippen molar-refractivity contribution < 1.29 is 19.1 Å². The number of hydrogen-bond donors (Lipinski definition) is 1. The third-order valence-corrected chi connectivity index (χ3v) is 2.13. The van der Waals surface area contributed by atoms with Gasteiger partial charge in [0.25, 0.3) is 0 Å². The second kappa shape index (κ2) is 5.13. The van der Waals surface area contributed by atoms with E-state index in [2.05, 4.69) is 10.2 Å². The summed E-state index contributed by atoms with van der Waals surface area (Å²) >= 11 is 0. The van der Waals surface area contributed by atoms with Crippen LogP contribution in [0.5, 0.6) is 5.75 Å². The molecule has 0 aliphatic rings. The van der Waals surface area contributed by atoms with Crippen LogP contribution < -0.4 is 4.74 Å². The standard InChI is InChI=1S/C12H10N2O4/c1-17-9-4-2-3-8(7-9)12-14-13-10(18-12)5-6-11(15)16/h2-7H,1H3,(H,15,16)/b6-5+. The first-order valence-electron chi connectivity index (χ1n) is 5.08. The average Bonchev–Trinajstić information content (AvgIpc) is 2.85. The summed E-state index contributed by atoms with van der Waals surface area (Å²) in [4.78, 5) is 10.3. The molecule has 2 rings (SSSR count). The highest BCUT2D eigenvalue weighted by atomic mass is 16.5. The van der Waals surface area contributed by atoms with Crippen molar-refractivity contribution in [3.05, 3.63) is 36.2 Å². The van der Waals surface area contributed by atoms with Crippen molar-refractivity contribution in [3.63, 3.8) is 0 Å². The van der Waals surface area contributed by atoms with E-state index in [-0.39, 0.29) is 5.89 Å². The van der Waals surface area contributed by atoms with E-state index in [1.807, 2.05) is 0 Å². The Morgan fingerprint density at radius 1 is 1.44 bits per heavy atom. The molecule has 6 nitrogen and oxygen atoms in total. The maximum Gasteiger partial charge on any atom is 0.328 e. The maximum absolute atomic E-state index is 10.3. The van der Waals surface area contributed by atoms with Crippen LogP contribution in [-0.4, -0.2) is 28.4 Å². The number of carboxylic acid groups (broad SMARTS) is 1. The quantitative estimate of drug-likeness (QED) is 0.828. The SMILES string of the molecule is COc1cccc(-c2nnc(/C=C/C(=O)O)o2)c1. The Hall–Kier alpha value is -2.63. The van der Waals surface area contributed by atoms with Gasteiger partial charge in [0.05, 0.1) is 7.11 Å². The molecular formula is C12H10N2O4. The summed E-state index contributed by atoms with van der Waals surface area (Å²) in [6.07, 6.45) is 2.17. The fourth-order valence-corrected chi connectivity index (χ4v) is 1.32. The molecule has 92 valence electrons. The largest absolute Gasteiger partial charge is 0.497 e. The van der Waals surface area contributed by atoms with Gasteiger partial charge in [-0.15, -0.1) is 10.2 Å². The number of methoxy groups -OCH3 is 1. The Balaban J connectivity index is 2.26. The van der Waals surface area contributed by atoms with Crippen LogP contribution in [0.2, 0.25) is 0 Å². The molecule has 0 fully saturated rings. The molecule has 1 aromatic heterocycles. The van der Waals surface area contributed by atoms with Gasteiger partial charge in [0.1, 0.15) is 5.75 Å². The number of nitrogens with zero attached hydrogens (tertiary/aromatic N) is 2. The Morgan fingerprint density at radius 2 is 2.28 bits per heavy atom. The van der Waals surface area contributed by atoms with E-state index in [0.717, 1.165) is 6.08 Å². The smallest absolute Gasteiger partial charge is 0.328 e. The van der Waals surface area contributed by atoms with Crippen molar-refractivity contribution in [1.82, 2.24) is 10.2 Å². The molecule has 0 saturated heterocycles.